The second-order valence-electron chi connectivity index (χ2n) is 6.26. The van der Waals surface area contributed by atoms with Crippen LogP contribution < -0.4 is 10.6 Å². The fourth-order valence-electron chi connectivity index (χ4n) is 2.73. The van der Waals surface area contributed by atoms with E-state index in [1.165, 1.54) is 11.1 Å². The van der Waals surface area contributed by atoms with Gasteiger partial charge in [0.15, 0.2) is 0 Å². The van der Waals surface area contributed by atoms with Crippen molar-refractivity contribution >= 4 is 23.1 Å². The summed E-state index contributed by atoms with van der Waals surface area (Å²) in [6.07, 6.45) is 1.65. The summed E-state index contributed by atoms with van der Waals surface area (Å²) in [5.41, 5.74) is 5.75. The number of aryl methyl sites for hydroxylation is 3. The third-order valence-electron chi connectivity index (χ3n) is 3.80. The third kappa shape index (κ3) is 4.44. The lowest BCUT2D eigenvalue weighted by molar-refractivity contribution is 0.102. The lowest BCUT2D eigenvalue weighted by Gasteiger charge is -2.09. The van der Waals surface area contributed by atoms with E-state index in [2.05, 4.69) is 47.7 Å². The van der Waals surface area contributed by atoms with Gasteiger partial charge in [-0.1, -0.05) is 23.8 Å². The molecule has 0 aliphatic carbocycles. The summed E-state index contributed by atoms with van der Waals surface area (Å²) in [6, 6.07) is 17.5. The topological polar surface area (TPSA) is 54.0 Å². The number of benzene rings is 2. The van der Waals surface area contributed by atoms with E-state index in [0.29, 0.717) is 11.3 Å². The Labute approximate surface area is 147 Å². The molecule has 126 valence electrons. The summed E-state index contributed by atoms with van der Waals surface area (Å²) in [5.74, 6) is 0.596. The molecule has 0 fully saturated rings. The van der Waals surface area contributed by atoms with Gasteiger partial charge in [-0.2, -0.15) is 0 Å². The second-order valence-corrected chi connectivity index (χ2v) is 6.26. The Morgan fingerprint density at radius 2 is 1.60 bits per heavy atom. The number of carbonyl (C=O) groups excluding carboxylic acids is 1. The first-order valence-corrected chi connectivity index (χ1v) is 8.19. The standard InChI is InChI=1S/C21H21N3O/c1-14-5-4-6-17(10-14)21(25)24-18-7-8-20(22-13-18)23-19-11-15(2)9-16(3)12-19/h4-13H,1-3H3,(H,22,23)(H,24,25). The van der Waals surface area contributed by atoms with Crippen LogP contribution in [0.2, 0.25) is 0 Å². The predicted molar refractivity (Wildman–Crippen MR) is 103 cm³/mol. The number of hydrogen-bond donors (Lipinski definition) is 2. The predicted octanol–water partition coefficient (Wildman–Crippen LogP) is 5.00. The van der Waals surface area contributed by atoms with E-state index in [0.717, 1.165) is 17.1 Å². The number of carbonyl (C=O) groups is 1. The molecule has 0 bridgehead atoms. The van der Waals surface area contributed by atoms with Gasteiger partial charge in [0.05, 0.1) is 11.9 Å². The van der Waals surface area contributed by atoms with Crippen LogP contribution in [0.25, 0.3) is 0 Å². The summed E-state index contributed by atoms with van der Waals surface area (Å²) >= 11 is 0. The van der Waals surface area contributed by atoms with E-state index in [1.54, 1.807) is 12.3 Å². The largest absolute Gasteiger partial charge is 0.340 e. The minimum absolute atomic E-state index is 0.138. The molecular weight excluding hydrogens is 310 g/mol. The molecule has 0 unspecified atom stereocenters. The molecule has 1 heterocycles. The Balaban J connectivity index is 1.68. The lowest BCUT2D eigenvalue weighted by atomic mass is 10.1. The van der Waals surface area contributed by atoms with Gasteiger partial charge >= 0.3 is 0 Å². The average Bonchev–Trinajstić information content (AvgIpc) is 2.56. The van der Waals surface area contributed by atoms with E-state index < -0.39 is 0 Å². The van der Waals surface area contributed by atoms with Gasteiger partial charge in [0.2, 0.25) is 0 Å². The molecule has 4 heteroatoms. The Kier molecular flexibility index (Phi) is 4.80. The van der Waals surface area contributed by atoms with Gasteiger partial charge in [-0.25, -0.2) is 4.98 Å². The van der Waals surface area contributed by atoms with Crippen LogP contribution in [0, 0.1) is 20.8 Å². The van der Waals surface area contributed by atoms with Crippen LogP contribution >= 0.6 is 0 Å². The van der Waals surface area contributed by atoms with E-state index in [9.17, 15) is 4.79 Å². The molecule has 0 saturated heterocycles. The monoisotopic (exact) mass is 331 g/mol. The molecule has 3 rings (SSSR count). The zero-order chi connectivity index (χ0) is 17.8. The van der Waals surface area contributed by atoms with Crippen molar-refractivity contribution in [2.24, 2.45) is 0 Å². The summed E-state index contributed by atoms with van der Waals surface area (Å²) in [5, 5.41) is 6.15. The number of nitrogens with one attached hydrogen (secondary N) is 2. The molecule has 1 aromatic heterocycles. The molecule has 25 heavy (non-hydrogen) atoms. The summed E-state index contributed by atoms with van der Waals surface area (Å²) < 4.78 is 0. The molecular formula is C21H21N3O. The van der Waals surface area contributed by atoms with Crippen LogP contribution in [0.1, 0.15) is 27.0 Å². The maximum absolute atomic E-state index is 12.3. The van der Waals surface area contributed by atoms with Crippen molar-refractivity contribution in [2.75, 3.05) is 10.6 Å². The smallest absolute Gasteiger partial charge is 0.255 e. The zero-order valence-corrected chi connectivity index (χ0v) is 14.6. The fourth-order valence-corrected chi connectivity index (χ4v) is 2.73. The molecule has 2 N–H and O–H groups in total. The van der Waals surface area contributed by atoms with Crippen molar-refractivity contribution in [1.29, 1.82) is 0 Å². The van der Waals surface area contributed by atoms with Gasteiger partial charge in [-0.15, -0.1) is 0 Å². The van der Waals surface area contributed by atoms with E-state index in [4.69, 9.17) is 0 Å². The highest BCUT2D eigenvalue weighted by Crippen LogP contribution is 2.19. The van der Waals surface area contributed by atoms with Gasteiger partial charge in [-0.3, -0.25) is 4.79 Å². The first-order valence-electron chi connectivity index (χ1n) is 8.19. The number of hydrogen-bond acceptors (Lipinski definition) is 3. The molecule has 2 aromatic carbocycles. The Morgan fingerprint density at radius 1 is 0.840 bits per heavy atom. The van der Waals surface area contributed by atoms with Gasteiger partial charge in [0.1, 0.15) is 5.82 Å². The quantitative estimate of drug-likeness (QED) is 0.707. The van der Waals surface area contributed by atoms with Gasteiger partial charge in [0, 0.05) is 11.3 Å². The van der Waals surface area contributed by atoms with E-state index in [1.807, 2.05) is 37.3 Å². The number of aromatic nitrogens is 1. The summed E-state index contributed by atoms with van der Waals surface area (Å²) in [6.45, 7) is 6.09. The Bertz CT molecular complexity index is 881. The number of anilines is 3. The van der Waals surface area contributed by atoms with E-state index >= 15 is 0 Å². The number of rotatable bonds is 4. The molecule has 0 spiro atoms. The average molecular weight is 331 g/mol. The first-order chi connectivity index (χ1) is 12.0. The molecule has 0 radical (unpaired) electrons. The van der Waals surface area contributed by atoms with Gasteiger partial charge in [-0.05, 0) is 68.3 Å². The number of amides is 1. The molecule has 0 atom stereocenters. The molecule has 0 saturated carbocycles. The van der Waals surface area contributed by atoms with Crippen molar-refractivity contribution < 1.29 is 4.79 Å². The maximum atomic E-state index is 12.3. The van der Waals surface area contributed by atoms with Crippen LogP contribution in [0.4, 0.5) is 17.2 Å². The highest BCUT2D eigenvalue weighted by molar-refractivity contribution is 6.04. The minimum Gasteiger partial charge on any atom is -0.340 e. The molecule has 3 aromatic rings. The minimum atomic E-state index is -0.138. The number of nitrogens with zero attached hydrogens (tertiary/aromatic N) is 1. The maximum Gasteiger partial charge on any atom is 0.255 e. The highest BCUT2D eigenvalue weighted by Gasteiger charge is 2.06. The van der Waals surface area contributed by atoms with Crippen molar-refractivity contribution in [3.8, 4) is 0 Å². The van der Waals surface area contributed by atoms with Crippen LogP contribution in [-0.2, 0) is 0 Å². The van der Waals surface area contributed by atoms with Crippen molar-refractivity contribution in [1.82, 2.24) is 4.98 Å². The summed E-state index contributed by atoms with van der Waals surface area (Å²) in [4.78, 5) is 16.6. The fraction of sp³-hybridized carbons (Fsp3) is 0.143. The van der Waals surface area contributed by atoms with Crippen LogP contribution in [0.3, 0.4) is 0 Å². The molecule has 1 amide bonds. The van der Waals surface area contributed by atoms with Crippen LogP contribution in [0.15, 0.2) is 60.8 Å². The van der Waals surface area contributed by atoms with Crippen molar-refractivity contribution in [3.05, 3.63) is 83.0 Å². The SMILES string of the molecule is Cc1cc(C)cc(Nc2ccc(NC(=O)c3cccc(C)c3)cn2)c1. The highest BCUT2D eigenvalue weighted by atomic mass is 16.1. The second kappa shape index (κ2) is 7.18. The lowest BCUT2D eigenvalue weighted by Crippen LogP contribution is -2.12. The Hall–Kier alpha value is -3.14. The molecule has 0 aliphatic heterocycles. The summed E-state index contributed by atoms with van der Waals surface area (Å²) in [7, 11) is 0. The van der Waals surface area contributed by atoms with Crippen molar-refractivity contribution in [3.63, 3.8) is 0 Å². The zero-order valence-electron chi connectivity index (χ0n) is 14.6. The molecule has 4 nitrogen and oxygen atoms in total. The Morgan fingerprint density at radius 3 is 2.24 bits per heavy atom. The first kappa shape index (κ1) is 16.7. The van der Waals surface area contributed by atoms with Crippen molar-refractivity contribution in [2.45, 2.75) is 20.8 Å². The van der Waals surface area contributed by atoms with Gasteiger partial charge in [0.25, 0.3) is 5.91 Å². The third-order valence-corrected chi connectivity index (χ3v) is 3.80. The number of pyridine rings is 1. The van der Waals surface area contributed by atoms with Crippen LogP contribution in [0.5, 0.6) is 0 Å². The normalized spacial score (nSPS) is 10.4. The van der Waals surface area contributed by atoms with Crippen LogP contribution in [-0.4, -0.2) is 10.9 Å². The van der Waals surface area contributed by atoms with E-state index in [-0.39, 0.29) is 5.91 Å². The molecule has 0 aliphatic rings. The van der Waals surface area contributed by atoms with Gasteiger partial charge < -0.3 is 10.6 Å².